The first kappa shape index (κ1) is 31.3. The van der Waals surface area contributed by atoms with Crippen molar-refractivity contribution in [1.82, 2.24) is 0 Å². The first-order valence-electron chi connectivity index (χ1n) is 19.5. The summed E-state index contributed by atoms with van der Waals surface area (Å²) >= 11 is 0. The van der Waals surface area contributed by atoms with E-state index in [4.69, 9.17) is 9.47 Å². The number of anilines is 3. The second-order valence-corrected chi connectivity index (χ2v) is 15.1. The molecule has 1 aliphatic heterocycles. The summed E-state index contributed by atoms with van der Waals surface area (Å²) in [5, 5.41) is 2.40. The van der Waals surface area contributed by atoms with Crippen LogP contribution in [0.15, 0.2) is 188 Å². The number of allylic oxidation sites excluding steroid dienone is 4. The summed E-state index contributed by atoms with van der Waals surface area (Å²) in [4.78, 5) is 2.36. The van der Waals surface area contributed by atoms with Gasteiger partial charge in [0.15, 0.2) is 23.0 Å². The molecule has 0 unspecified atom stereocenters. The number of benzene rings is 8. The van der Waals surface area contributed by atoms with Gasteiger partial charge in [0.1, 0.15) is 0 Å². The Morgan fingerprint density at radius 3 is 1.73 bits per heavy atom. The van der Waals surface area contributed by atoms with E-state index in [1.807, 2.05) is 0 Å². The van der Waals surface area contributed by atoms with Crippen molar-refractivity contribution in [1.29, 1.82) is 0 Å². The Labute approximate surface area is 326 Å². The van der Waals surface area contributed by atoms with E-state index in [-0.39, 0.29) is 0 Å². The van der Waals surface area contributed by atoms with Crippen molar-refractivity contribution in [3.05, 3.63) is 216 Å². The van der Waals surface area contributed by atoms with Crippen molar-refractivity contribution in [3.8, 4) is 45.3 Å². The van der Waals surface area contributed by atoms with Gasteiger partial charge in [-0.3, -0.25) is 0 Å². The third-order valence-electron chi connectivity index (χ3n) is 12.2. The van der Waals surface area contributed by atoms with Gasteiger partial charge in [0.2, 0.25) is 0 Å². The van der Waals surface area contributed by atoms with Crippen LogP contribution in [0.5, 0.6) is 23.0 Å². The molecule has 0 radical (unpaired) electrons. The Bertz CT molecular complexity index is 2960. The van der Waals surface area contributed by atoms with Crippen molar-refractivity contribution in [3.63, 3.8) is 0 Å². The number of hydrogen-bond acceptors (Lipinski definition) is 3. The quantitative estimate of drug-likeness (QED) is 0.181. The van der Waals surface area contributed by atoms with Gasteiger partial charge in [-0.05, 0) is 116 Å². The molecule has 264 valence electrons. The average molecular weight is 718 g/mol. The van der Waals surface area contributed by atoms with E-state index in [9.17, 15) is 0 Å². The van der Waals surface area contributed by atoms with E-state index < -0.39 is 5.41 Å². The standard InChI is InChI=1S/C53H35NO2/c1-2-15-35(16-3-1)39-18-9-13-25-48(39)54(37-27-26-34-14-4-5-17-36(34)30-37)38-28-29-49-50(31-38)56-52-33-47-43(32-51(52)55-49)42-21-8-12-24-46(42)53(47)44-22-10-6-19-40(44)41-20-7-11-23-45(41)53/h1-2,4-15,17-33H,3,16H2. The average Bonchev–Trinajstić information content (AvgIpc) is 3.72. The first-order chi connectivity index (χ1) is 27.8. The van der Waals surface area contributed by atoms with E-state index in [2.05, 4.69) is 193 Å². The van der Waals surface area contributed by atoms with Crippen LogP contribution in [0.25, 0.3) is 38.6 Å². The van der Waals surface area contributed by atoms with Gasteiger partial charge in [-0.2, -0.15) is 0 Å². The van der Waals surface area contributed by atoms with Crippen LogP contribution in [0.1, 0.15) is 40.7 Å². The Kier molecular flexibility index (Phi) is 6.67. The van der Waals surface area contributed by atoms with Crippen LogP contribution < -0.4 is 14.4 Å². The molecule has 0 fully saturated rings. The highest BCUT2D eigenvalue weighted by molar-refractivity contribution is 5.96. The Balaban J connectivity index is 1.02. The molecule has 0 bridgehead atoms. The van der Waals surface area contributed by atoms with E-state index in [1.165, 1.54) is 66.4 Å². The highest BCUT2D eigenvalue weighted by atomic mass is 16.6. The number of rotatable bonds is 4. The topological polar surface area (TPSA) is 21.7 Å². The van der Waals surface area contributed by atoms with Crippen molar-refractivity contribution >= 4 is 33.4 Å². The molecule has 12 rings (SSSR count). The normalized spacial score (nSPS) is 14.8. The third-order valence-corrected chi connectivity index (χ3v) is 12.2. The summed E-state index contributed by atoms with van der Waals surface area (Å²) < 4.78 is 13.8. The predicted octanol–water partition coefficient (Wildman–Crippen LogP) is 14.3. The van der Waals surface area contributed by atoms with Gasteiger partial charge >= 0.3 is 0 Å². The Hall–Kier alpha value is -7.10. The first-order valence-corrected chi connectivity index (χ1v) is 19.5. The lowest BCUT2D eigenvalue weighted by atomic mass is 9.70. The highest BCUT2D eigenvalue weighted by Gasteiger charge is 2.52. The van der Waals surface area contributed by atoms with Gasteiger partial charge in [0.25, 0.3) is 0 Å². The molecule has 3 heteroatoms. The second-order valence-electron chi connectivity index (χ2n) is 15.1. The monoisotopic (exact) mass is 717 g/mol. The number of para-hydroxylation sites is 1. The molecule has 56 heavy (non-hydrogen) atoms. The van der Waals surface area contributed by atoms with Crippen LogP contribution in [0, 0.1) is 0 Å². The minimum absolute atomic E-state index is 0.459. The number of hydrogen-bond donors (Lipinski definition) is 0. The van der Waals surface area contributed by atoms with Gasteiger partial charge < -0.3 is 14.4 Å². The molecule has 0 atom stereocenters. The summed E-state index contributed by atoms with van der Waals surface area (Å²) in [6.07, 6.45) is 8.71. The molecule has 0 amide bonds. The molecule has 0 saturated carbocycles. The maximum atomic E-state index is 6.99. The molecule has 3 nitrogen and oxygen atoms in total. The maximum absolute atomic E-state index is 6.99. The minimum Gasteiger partial charge on any atom is -0.449 e. The molecule has 3 aliphatic carbocycles. The zero-order chi connectivity index (χ0) is 36.8. The van der Waals surface area contributed by atoms with Crippen molar-refractivity contribution in [2.45, 2.75) is 18.3 Å². The minimum atomic E-state index is -0.459. The van der Waals surface area contributed by atoms with Gasteiger partial charge in [0.05, 0.1) is 16.8 Å². The Morgan fingerprint density at radius 1 is 0.429 bits per heavy atom. The van der Waals surface area contributed by atoms with E-state index in [0.29, 0.717) is 11.5 Å². The van der Waals surface area contributed by atoms with Crippen molar-refractivity contribution < 1.29 is 9.47 Å². The molecule has 1 spiro atoms. The largest absolute Gasteiger partial charge is 0.449 e. The number of nitrogens with zero attached hydrogens (tertiary/aromatic N) is 1. The third kappa shape index (κ3) is 4.40. The van der Waals surface area contributed by atoms with Gasteiger partial charge in [-0.15, -0.1) is 0 Å². The fraction of sp³-hybridized carbons (Fsp3) is 0.0566. The maximum Gasteiger partial charge on any atom is 0.172 e. The molecule has 8 aromatic carbocycles. The fourth-order valence-electron chi connectivity index (χ4n) is 9.81. The van der Waals surface area contributed by atoms with Gasteiger partial charge in [-0.1, -0.05) is 140 Å². The van der Waals surface area contributed by atoms with Crippen LogP contribution in [-0.4, -0.2) is 0 Å². The van der Waals surface area contributed by atoms with Crippen LogP contribution in [-0.2, 0) is 5.41 Å². The molecule has 0 saturated heterocycles. The molecular weight excluding hydrogens is 683 g/mol. The predicted molar refractivity (Wildman–Crippen MR) is 228 cm³/mol. The van der Waals surface area contributed by atoms with Crippen LogP contribution in [0.3, 0.4) is 0 Å². The van der Waals surface area contributed by atoms with Gasteiger partial charge in [-0.25, -0.2) is 0 Å². The number of ether oxygens (including phenoxy) is 2. The second kappa shape index (κ2) is 11.9. The SMILES string of the molecule is C1=CCCC(c2ccccc2N(c2ccc3c(c2)Oc2cc4c(cc2O3)-c2ccccc2C42c3ccccc3-c3ccccc32)c2ccc3ccccc3c2)=C1. The summed E-state index contributed by atoms with van der Waals surface area (Å²) in [6.45, 7) is 0. The summed E-state index contributed by atoms with van der Waals surface area (Å²) in [6, 6.07) is 61.4. The Morgan fingerprint density at radius 2 is 1.00 bits per heavy atom. The molecule has 0 aromatic heterocycles. The van der Waals surface area contributed by atoms with Crippen LogP contribution in [0.4, 0.5) is 17.1 Å². The fourth-order valence-corrected chi connectivity index (χ4v) is 9.81. The summed E-state index contributed by atoms with van der Waals surface area (Å²) in [7, 11) is 0. The highest BCUT2D eigenvalue weighted by Crippen LogP contribution is 2.64. The van der Waals surface area contributed by atoms with Gasteiger partial charge in [0, 0.05) is 17.3 Å². The van der Waals surface area contributed by atoms with Crippen LogP contribution >= 0.6 is 0 Å². The smallest absolute Gasteiger partial charge is 0.172 e. The molecular formula is C53H35NO2. The molecule has 4 aliphatic rings. The summed E-state index contributed by atoms with van der Waals surface area (Å²) in [5.41, 5.74) is 15.4. The summed E-state index contributed by atoms with van der Waals surface area (Å²) in [5.74, 6) is 2.84. The van der Waals surface area contributed by atoms with Crippen molar-refractivity contribution in [2.75, 3.05) is 4.90 Å². The molecule has 1 heterocycles. The van der Waals surface area contributed by atoms with E-state index in [1.54, 1.807) is 0 Å². The van der Waals surface area contributed by atoms with E-state index in [0.717, 1.165) is 41.4 Å². The van der Waals surface area contributed by atoms with E-state index >= 15 is 0 Å². The lowest BCUT2D eigenvalue weighted by Gasteiger charge is -2.32. The lowest BCUT2D eigenvalue weighted by molar-refractivity contribution is 0.359. The molecule has 8 aromatic rings. The van der Waals surface area contributed by atoms with Crippen molar-refractivity contribution in [2.24, 2.45) is 0 Å². The number of fused-ring (bicyclic) bond motifs is 13. The molecule has 0 N–H and O–H groups in total. The zero-order valence-corrected chi connectivity index (χ0v) is 30.6. The zero-order valence-electron chi connectivity index (χ0n) is 30.6. The van der Waals surface area contributed by atoms with Crippen LogP contribution in [0.2, 0.25) is 0 Å². The lowest BCUT2D eigenvalue weighted by Crippen LogP contribution is -2.25.